The number of pyridine rings is 1. The number of nitrogens with one attached hydrogen (secondary N) is 1. The van der Waals surface area contributed by atoms with Crippen molar-refractivity contribution in [2.75, 3.05) is 19.6 Å². The largest absolute Gasteiger partial charge is 0.352 e. The van der Waals surface area contributed by atoms with E-state index in [9.17, 15) is 9.59 Å². The van der Waals surface area contributed by atoms with E-state index in [1.54, 1.807) is 41.7 Å². The molecule has 8 heteroatoms. The van der Waals surface area contributed by atoms with Crippen LogP contribution in [0.2, 0.25) is 0 Å². The SMILES string of the molecule is CC1CN(C(=O)c2cc3cccnn3n2)CC1CNC(=O)c1cccnc1. The van der Waals surface area contributed by atoms with Crippen molar-refractivity contribution in [1.29, 1.82) is 0 Å². The Morgan fingerprint density at radius 1 is 1.22 bits per heavy atom. The maximum absolute atomic E-state index is 12.8. The van der Waals surface area contributed by atoms with Gasteiger partial charge < -0.3 is 10.2 Å². The first-order chi connectivity index (χ1) is 13.1. The average molecular weight is 364 g/mol. The third-order valence-corrected chi connectivity index (χ3v) is 4.97. The van der Waals surface area contributed by atoms with Crippen LogP contribution in [0, 0.1) is 11.8 Å². The normalized spacial score (nSPS) is 19.4. The van der Waals surface area contributed by atoms with E-state index < -0.39 is 0 Å². The molecule has 0 aliphatic carbocycles. The van der Waals surface area contributed by atoms with Crippen LogP contribution in [0.4, 0.5) is 0 Å². The van der Waals surface area contributed by atoms with Crippen LogP contribution >= 0.6 is 0 Å². The molecule has 0 radical (unpaired) electrons. The van der Waals surface area contributed by atoms with Crippen LogP contribution in [-0.2, 0) is 0 Å². The summed E-state index contributed by atoms with van der Waals surface area (Å²) < 4.78 is 1.46. The van der Waals surface area contributed by atoms with E-state index in [4.69, 9.17) is 0 Å². The summed E-state index contributed by atoms with van der Waals surface area (Å²) in [5.41, 5.74) is 1.71. The quantitative estimate of drug-likeness (QED) is 0.752. The molecule has 1 aliphatic rings. The molecule has 1 N–H and O–H groups in total. The summed E-state index contributed by atoms with van der Waals surface area (Å²) in [7, 11) is 0. The summed E-state index contributed by atoms with van der Waals surface area (Å²) in [5.74, 6) is 0.239. The maximum Gasteiger partial charge on any atom is 0.274 e. The highest BCUT2D eigenvalue weighted by molar-refractivity contribution is 5.94. The summed E-state index contributed by atoms with van der Waals surface area (Å²) in [6.45, 7) is 3.85. The van der Waals surface area contributed by atoms with Gasteiger partial charge >= 0.3 is 0 Å². The lowest BCUT2D eigenvalue weighted by molar-refractivity contribution is 0.0778. The lowest BCUT2D eigenvalue weighted by Gasteiger charge is -2.15. The van der Waals surface area contributed by atoms with Crippen molar-refractivity contribution in [3.63, 3.8) is 0 Å². The molecule has 1 aliphatic heterocycles. The number of hydrogen-bond acceptors (Lipinski definition) is 5. The van der Waals surface area contributed by atoms with Crippen LogP contribution in [0.15, 0.2) is 48.9 Å². The Labute approximate surface area is 156 Å². The van der Waals surface area contributed by atoms with Gasteiger partial charge in [-0.1, -0.05) is 6.92 Å². The molecule has 2 atom stereocenters. The maximum atomic E-state index is 12.8. The van der Waals surface area contributed by atoms with Crippen molar-refractivity contribution in [3.05, 3.63) is 60.2 Å². The predicted octanol–water partition coefficient (Wildman–Crippen LogP) is 1.26. The number of carbonyl (C=O) groups excluding carboxylic acids is 2. The highest BCUT2D eigenvalue weighted by Crippen LogP contribution is 2.24. The Hall–Kier alpha value is -3.29. The van der Waals surface area contributed by atoms with E-state index in [2.05, 4.69) is 27.4 Å². The van der Waals surface area contributed by atoms with Crippen LogP contribution in [0.5, 0.6) is 0 Å². The van der Waals surface area contributed by atoms with Gasteiger partial charge in [-0.15, -0.1) is 5.10 Å². The van der Waals surface area contributed by atoms with Gasteiger partial charge in [0.2, 0.25) is 0 Å². The predicted molar refractivity (Wildman–Crippen MR) is 98.1 cm³/mol. The second kappa shape index (κ2) is 7.14. The minimum Gasteiger partial charge on any atom is -0.352 e. The molecule has 0 bridgehead atoms. The van der Waals surface area contributed by atoms with Crippen LogP contribution in [0.1, 0.15) is 27.8 Å². The molecule has 3 aromatic heterocycles. The Bertz CT molecular complexity index is 938. The number of nitrogens with zero attached hydrogens (tertiary/aromatic N) is 5. The van der Waals surface area contributed by atoms with Crippen LogP contribution in [-0.4, -0.2) is 56.2 Å². The molecule has 0 aromatic carbocycles. The van der Waals surface area contributed by atoms with Gasteiger partial charge in [-0.25, -0.2) is 0 Å². The molecule has 2 amide bonds. The van der Waals surface area contributed by atoms with E-state index in [1.807, 2.05) is 12.1 Å². The average Bonchev–Trinajstić information content (AvgIpc) is 3.29. The lowest BCUT2D eigenvalue weighted by Crippen LogP contribution is -2.33. The summed E-state index contributed by atoms with van der Waals surface area (Å²) in [6, 6.07) is 8.88. The number of aromatic nitrogens is 4. The van der Waals surface area contributed by atoms with Gasteiger partial charge in [0.05, 0.1) is 11.1 Å². The second-order valence-electron chi connectivity index (χ2n) is 6.87. The molecule has 3 aromatic rings. The first kappa shape index (κ1) is 17.1. The summed E-state index contributed by atoms with van der Waals surface area (Å²) in [4.78, 5) is 30.7. The Balaban J connectivity index is 1.39. The Kier molecular flexibility index (Phi) is 4.53. The molecular formula is C19H20N6O2. The number of carbonyl (C=O) groups is 2. The molecule has 0 spiro atoms. The lowest BCUT2D eigenvalue weighted by atomic mass is 9.98. The van der Waals surface area contributed by atoms with Crippen molar-refractivity contribution in [2.24, 2.45) is 11.8 Å². The summed E-state index contributed by atoms with van der Waals surface area (Å²) in [5, 5.41) is 11.3. The molecule has 27 heavy (non-hydrogen) atoms. The highest BCUT2D eigenvalue weighted by atomic mass is 16.2. The van der Waals surface area contributed by atoms with E-state index in [1.165, 1.54) is 4.63 Å². The van der Waals surface area contributed by atoms with E-state index in [0.717, 1.165) is 5.52 Å². The number of fused-ring (bicyclic) bond motifs is 1. The van der Waals surface area contributed by atoms with E-state index >= 15 is 0 Å². The fraction of sp³-hybridized carbons (Fsp3) is 0.316. The van der Waals surface area contributed by atoms with Crippen molar-refractivity contribution < 1.29 is 9.59 Å². The molecule has 0 saturated carbocycles. The van der Waals surface area contributed by atoms with Gasteiger partial charge in [-0.2, -0.15) is 9.73 Å². The van der Waals surface area contributed by atoms with Gasteiger partial charge in [-0.05, 0) is 42.2 Å². The standard InChI is InChI=1S/C19H20N6O2/c1-13-11-24(19(27)17-8-16-5-3-7-22-25(16)23-17)12-15(13)10-21-18(26)14-4-2-6-20-9-14/h2-9,13,15H,10-12H2,1H3,(H,21,26). The Morgan fingerprint density at radius 2 is 2.07 bits per heavy atom. The smallest absolute Gasteiger partial charge is 0.274 e. The van der Waals surface area contributed by atoms with Crippen LogP contribution < -0.4 is 5.32 Å². The minimum absolute atomic E-state index is 0.103. The van der Waals surface area contributed by atoms with Crippen LogP contribution in [0.25, 0.3) is 5.52 Å². The minimum atomic E-state index is -0.147. The van der Waals surface area contributed by atoms with Crippen molar-refractivity contribution >= 4 is 17.3 Å². The number of amides is 2. The summed E-state index contributed by atoms with van der Waals surface area (Å²) in [6.07, 6.45) is 4.81. The zero-order valence-electron chi connectivity index (χ0n) is 14.9. The van der Waals surface area contributed by atoms with Gasteiger partial charge in [0.1, 0.15) is 0 Å². The van der Waals surface area contributed by atoms with Gasteiger partial charge in [0.25, 0.3) is 11.8 Å². The molecule has 4 rings (SSSR count). The molecule has 8 nitrogen and oxygen atoms in total. The third-order valence-electron chi connectivity index (χ3n) is 4.97. The van der Waals surface area contributed by atoms with Crippen LogP contribution in [0.3, 0.4) is 0 Å². The topological polar surface area (TPSA) is 92.5 Å². The highest BCUT2D eigenvalue weighted by Gasteiger charge is 2.33. The van der Waals surface area contributed by atoms with Crippen molar-refractivity contribution in [1.82, 2.24) is 30.0 Å². The number of hydrogen-bond donors (Lipinski definition) is 1. The van der Waals surface area contributed by atoms with E-state index in [0.29, 0.717) is 36.8 Å². The zero-order valence-corrected chi connectivity index (χ0v) is 14.9. The first-order valence-corrected chi connectivity index (χ1v) is 8.90. The van der Waals surface area contributed by atoms with Gasteiger partial charge in [-0.3, -0.25) is 14.6 Å². The third kappa shape index (κ3) is 3.51. The van der Waals surface area contributed by atoms with E-state index in [-0.39, 0.29) is 17.7 Å². The Morgan fingerprint density at radius 3 is 2.85 bits per heavy atom. The van der Waals surface area contributed by atoms with Crippen molar-refractivity contribution in [2.45, 2.75) is 6.92 Å². The number of rotatable bonds is 4. The molecule has 2 unspecified atom stereocenters. The summed E-state index contributed by atoms with van der Waals surface area (Å²) >= 11 is 0. The van der Waals surface area contributed by atoms with Crippen molar-refractivity contribution in [3.8, 4) is 0 Å². The molecule has 1 fully saturated rings. The molecule has 4 heterocycles. The number of likely N-dealkylation sites (tertiary alicyclic amines) is 1. The first-order valence-electron chi connectivity index (χ1n) is 8.90. The fourth-order valence-electron chi connectivity index (χ4n) is 3.39. The van der Waals surface area contributed by atoms with Gasteiger partial charge in [0, 0.05) is 38.2 Å². The second-order valence-corrected chi connectivity index (χ2v) is 6.87. The monoisotopic (exact) mass is 364 g/mol. The molecular weight excluding hydrogens is 344 g/mol. The fourth-order valence-corrected chi connectivity index (χ4v) is 3.39. The molecule has 1 saturated heterocycles. The van der Waals surface area contributed by atoms with Gasteiger partial charge in [0.15, 0.2) is 5.69 Å². The zero-order chi connectivity index (χ0) is 18.8. The molecule has 138 valence electrons.